The van der Waals surface area contributed by atoms with Crippen LogP contribution in [0.25, 0.3) is 0 Å². The van der Waals surface area contributed by atoms with E-state index in [1.807, 2.05) is 24.3 Å². The summed E-state index contributed by atoms with van der Waals surface area (Å²) in [5.74, 6) is -0.0625. The van der Waals surface area contributed by atoms with Gasteiger partial charge in [0.15, 0.2) is 5.78 Å². The second-order valence-corrected chi connectivity index (χ2v) is 4.68. The zero-order chi connectivity index (χ0) is 12.3. The van der Waals surface area contributed by atoms with Crippen LogP contribution in [0.15, 0.2) is 54.6 Å². The number of rotatable bonds is 3. The van der Waals surface area contributed by atoms with Crippen molar-refractivity contribution in [2.24, 2.45) is 0 Å². The number of benzene rings is 2. The van der Waals surface area contributed by atoms with Crippen molar-refractivity contribution in [3.05, 3.63) is 71.3 Å². The summed E-state index contributed by atoms with van der Waals surface area (Å²) < 4.78 is 0. The molecule has 1 nitrogen and oxygen atoms in total. The van der Waals surface area contributed by atoms with Gasteiger partial charge in [0.1, 0.15) is 4.84 Å². The van der Waals surface area contributed by atoms with E-state index < -0.39 is 4.84 Å². The summed E-state index contributed by atoms with van der Waals surface area (Å²) in [5, 5.41) is 0. The van der Waals surface area contributed by atoms with E-state index in [4.69, 9.17) is 23.2 Å². The largest absolute Gasteiger partial charge is 0.289 e. The number of halogens is 2. The van der Waals surface area contributed by atoms with Crippen LogP contribution in [0.3, 0.4) is 0 Å². The highest BCUT2D eigenvalue weighted by Gasteiger charge is 2.16. The van der Waals surface area contributed by atoms with Crippen LogP contribution >= 0.6 is 23.2 Å². The average molecular weight is 265 g/mol. The van der Waals surface area contributed by atoms with Crippen LogP contribution in [0.4, 0.5) is 0 Å². The first-order valence-electron chi connectivity index (χ1n) is 5.17. The standard InChI is InChI=1S/C14H10Cl2O/c15-14(16)12-9-5-4-8-11(12)13(17)10-6-2-1-3-7-10/h1-9,14H. The predicted octanol–water partition coefficient (Wildman–Crippen LogP) is 4.39. The normalized spacial score (nSPS) is 10.5. The van der Waals surface area contributed by atoms with Gasteiger partial charge in [-0.3, -0.25) is 4.79 Å². The lowest BCUT2D eigenvalue weighted by molar-refractivity contribution is 0.103. The summed E-state index contributed by atoms with van der Waals surface area (Å²) in [4.78, 5) is 11.6. The van der Waals surface area contributed by atoms with E-state index >= 15 is 0 Å². The zero-order valence-corrected chi connectivity index (χ0v) is 10.4. The molecule has 2 aromatic rings. The Morgan fingerprint density at radius 3 is 2.12 bits per heavy atom. The molecule has 0 saturated carbocycles. The molecule has 0 aliphatic rings. The topological polar surface area (TPSA) is 17.1 Å². The molecule has 0 heterocycles. The van der Waals surface area contributed by atoms with Crippen molar-refractivity contribution in [3.8, 4) is 0 Å². The summed E-state index contributed by atoms with van der Waals surface area (Å²) in [5.41, 5.74) is 1.83. The van der Waals surface area contributed by atoms with Gasteiger partial charge in [-0.2, -0.15) is 0 Å². The van der Waals surface area contributed by atoms with Crippen molar-refractivity contribution in [2.75, 3.05) is 0 Å². The fraction of sp³-hybridized carbons (Fsp3) is 0.0714. The van der Waals surface area contributed by atoms with Crippen LogP contribution in [-0.2, 0) is 0 Å². The van der Waals surface area contributed by atoms with Crippen LogP contribution in [0.5, 0.6) is 0 Å². The van der Waals surface area contributed by atoms with Gasteiger partial charge in [-0.05, 0) is 5.56 Å². The van der Waals surface area contributed by atoms with Gasteiger partial charge in [0.2, 0.25) is 0 Å². The first-order chi connectivity index (χ1) is 8.20. The Bertz CT molecular complexity index is 521. The van der Waals surface area contributed by atoms with Gasteiger partial charge in [-0.1, -0.05) is 54.6 Å². The molecule has 0 N–H and O–H groups in total. The first kappa shape index (κ1) is 12.2. The molecule has 3 heteroatoms. The first-order valence-corrected chi connectivity index (χ1v) is 6.04. The van der Waals surface area contributed by atoms with Gasteiger partial charge >= 0.3 is 0 Å². The van der Waals surface area contributed by atoms with Crippen LogP contribution < -0.4 is 0 Å². The Morgan fingerprint density at radius 1 is 0.882 bits per heavy atom. The van der Waals surface area contributed by atoms with Crippen LogP contribution in [0, 0.1) is 0 Å². The maximum absolute atomic E-state index is 12.3. The minimum absolute atomic E-state index is 0.0625. The van der Waals surface area contributed by atoms with E-state index in [0.29, 0.717) is 16.7 Å². The average Bonchev–Trinajstić information content (AvgIpc) is 2.39. The summed E-state index contributed by atoms with van der Waals surface area (Å²) in [6, 6.07) is 16.2. The van der Waals surface area contributed by atoms with E-state index in [1.54, 1.807) is 30.3 Å². The number of hydrogen-bond acceptors (Lipinski definition) is 1. The molecule has 0 atom stereocenters. The summed E-state index contributed by atoms with van der Waals surface area (Å²) >= 11 is 11.7. The molecular formula is C14H10Cl2O. The highest BCUT2D eigenvalue weighted by atomic mass is 35.5. The lowest BCUT2D eigenvalue weighted by Crippen LogP contribution is -2.04. The Kier molecular flexibility index (Phi) is 3.82. The number of alkyl halides is 2. The molecular weight excluding hydrogens is 255 g/mol. The number of hydrogen-bond donors (Lipinski definition) is 0. The highest BCUT2D eigenvalue weighted by Crippen LogP contribution is 2.28. The SMILES string of the molecule is O=C(c1ccccc1)c1ccccc1C(Cl)Cl. The van der Waals surface area contributed by atoms with E-state index in [2.05, 4.69) is 0 Å². The van der Waals surface area contributed by atoms with Gasteiger partial charge < -0.3 is 0 Å². The molecule has 0 bridgehead atoms. The maximum atomic E-state index is 12.3. The van der Waals surface area contributed by atoms with Crippen molar-refractivity contribution >= 4 is 29.0 Å². The van der Waals surface area contributed by atoms with E-state index in [9.17, 15) is 4.79 Å². The number of carbonyl (C=O) groups is 1. The Hall–Kier alpha value is -1.31. The molecule has 0 radical (unpaired) electrons. The van der Waals surface area contributed by atoms with Crippen LogP contribution in [0.2, 0.25) is 0 Å². The van der Waals surface area contributed by atoms with Crippen molar-refractivity contribution in [1.29, 1.82) is 0 Å². The molecule has 0 fully saturated rings. The maximum Gasteiger partial charge on any atom is 0.193 e. The van der Waals surface area contributed by atoms with Gasteiger partial charge in [0.05, 0.1) is 0 Å². The number of carbonyl (C=O) groups excluding carboxylic acids is 1. The summed E-state index contributed by atoms with van der Waals surface area (Å²) in [6.45, 7) is 0. The Labute approximate surface area is 110 Å². The quantitative estimate of drug-likeness (QED) is 0.594. The third kappa shape index (κ3) is 2.68. The van der Waals surface area contributed by atoms with Gasteiger partial charge in [-0.15, -0.1) is 23.2 Å². The molecule has 2 aromatic carbocycles. The molecule has 0 amide bonds. The van der Waals surface area contributed by atoms with E-state index in [0.717, 1.165) is 0 Å². The second kappa shape index (κ2) is 5.35. The van der Waals surface area contributed by atoms with Crippen molar-refractivity contribution < 1.29 is 4.79 Å². The minimum Gasteiger partial charge on any atom is -0.289 e. The highest BCUT2D eigenvalue weighted by molar-refractivity contribution is 6.44. The molecule has 0 aliphatic heterocycles. The minimum atomic E-state index is -0.695. The summed E-state index contributed by atoms with van der Waals surface area (Å²) in [6.07, 6.45) is 0. The Balaban J connectivity index is 2.45. The fourth-order valence-electron chi connectivity index (χ4n) is 1.64. The van der Waals surface area contributed by atoms with Gasteiger partial charge in [0, 0.05) is 11.1 Å². The molecule has 0 aliphatic carbocycles. The molecule has 2 rings (SSSR count). The molecule has 0 spiro atoms. The molecule has 0 unspecified atom stereocenters. The van der Waals surface area contributed by atoms with E-state index in [1.165, 1.54) is 0 Å². The smallest absolute Gasteiger partial charge is 0.193 e. The second-order valence-electron chi connectivity index (χ2n) is 3.58. The summed E-state index contributed by atoms with van der Waals surface area (Å²) in [7, 11) is 0. The van der Waals surface area contributed by atoms with Crippen molar-refractivity contribution in [1.82, 2.24) is 0 Å². The molecule has 17 heavy (non-hydrogen) atoms. The third-order valence-electron chi connectivity index (χ3n) is 2.48. The van der Waals surface area contributed by atoms with Crippen molar-refractivity contribution in [3.63, 3.8) is 0 Å². The molecule has 0 aromatic heterocycles. The lowest BCUT2D eigenvalue weighted by atomic mass is 9.99. The lowest BCUT2D eigenvalue weighted by Gasteiger charge is -2.08. The van der Waals surface area contributed by atoms with Crippen LogP contribution in [0.1, 0.15) is 26.3 Å². The molecule has 0 saturated heterocycles. The molecule has 86 valence electrons. The van der Waals surface area contributed by atoms with E-state index in [-0.39, 0.29) is 5.78 Å². The van der Waals surface area contributed by atoms with Gasteiger partial charge in [0.25, 0.3) is 0 Å². The third-order valence-corrected chi connectivity index (χ3v) is 2.95. The Morgan fingerprint density at radius 2 is 1.47 bits per heavy atom. The zero-order valence-electron chi connectivity index (χ0n) is 8.94. The predicted molar refractivity (Wildman–Crippen MR) is 70.8 cm³/mol. The fourth-order valence-corrected chi connectivity index (χ4v) is 2.02. The van der Waals surface area contributed by atoms with Crippen molar-refractivity contribution in [2.45, 2.75) is 4.84 Å². The number of ketones is 1. The monoisotopic (exact) mass is 264 g/mol. The van der Waals surface area contributed by atoms with Gasteiger partial charge in [-0.25, -0.2) is 0 Å². The van der Waals surface area contributed by atoms with Crippen LogP contribution in [-0.4, -0.2) is 5.78 Å².